The van der Waals surface area contributed by atoms with Crippen molar-refractivity contribution < 1.29 is 4.79 Å². The number of halogens is 1. The van der Waals surface area contributed by atoms with Crippen molar-refractivity contribution in [3.63, 3.8) is 0 Å². The third-order valence-corrected chi connectivity index (χ3v) is 6.87. The molecule has 0 spiro atoms. The van der Waals surface area contributed by atoms with E-state index in [-0.39, 0.29) is 5.91 Å². The van der Waals surface area contributed by atoms with Crippen LogP contribution >= 0.6 is 22.9 Å². The molecule has 1 aliphatic rings. The van der Waals surface area contributed by atoms with Gasteiger partial charge in [0.2, 0.25) is 5.91 Å². The average molecular weight is 468 g/mol. The van der Waals surface area contributed by atoms with Crippen LogP contribution in [-0.2, 0) is 17.6 Å². The molecule has 1 atom stereocenters. The molecule has 1 amide bonds. The Morgan fingerprint density at radius 1 is 1.12 bits per heavy atom. The van der Waals surface area contributed by atoms with Crippen LogP contribution in [0.4, 0.5) is 11.4 Å². The molecular formula is C26H30ClN3OS. The lowest BCUT2D eigenvalue weighted by Gasteiger charge is -2.35. The minimum atomic E-state index is -0.0384. The van der Waals surface area contributed by atoms with Crippen LogP contribution < -0.4 is 15.5 Å². The van der Waals surface area contributed by atoms with Gasteiger partial charge >= 0.3 is 0 Å². The second-order valence-corrected chi connectivity index (χ2v) is 9.78. The molecule has 2 heterocycles. The van der Waals surface area contributed by atoms with E-state index in [2.05, 4.69) is 51.4 Å². The van der Waals surface area contributed by atoms with Gasteiger partial charge in [0.15, 0.2) is 0 Å². The largest absolute Gasteiger partial charge is 0.371 e. The third-order valence-electron chi connectivity index (χ3n) is 5.91. The highest BCUT2D eigenvalue weighted by atomic mass is 35.5. The lowest BCUT2D eigenvalue weighted by atomic mass is 10.0. The van der Waals surface area contributed by atoms with Gasteiger partial charge in [0.05, 0.1) is 6.42 Å². The molecule has 1 aromatic heterocycles. The lowest BCUT2D eigenvalue weighted by molar-refractivity contribution is -0.115. The van der Waals surface area contributed by atoms with Crippen molar-refractivity contribution in [1.29, 1.82) is 0 Å². The van der Waals surface area contributed by atoms with Crippen LogP contribution in [0.3, 0.4) is 0 Å². The Bertz CT molecular complexity index is 998. The van der Waals surface area contributed by atoms with Crippen LogP contribution in [0.2, 0.25) is 5.02 Å². The predicted molar refractivity (Wildman–Crippen MR) is 136 cm³/mol. The smallest absolute Gasteiger partial charge is 0.228 e. The van der Waals surface area contributed by atoms with Gasteiger partial charge in [0, 0.05) is 41.6 Å². The first-order valence-corrected chi connectivity index (χ1v) is 12.5. The van der Waals surface area contributed by atoms with Crippen molar-refractivity contribution in [3.05, 3.63) is 81.5 Å². The van der Waals surface area contributed by atoms with E-state index in [0.29, 0.717) is 23.5 Å². The Morgan fingerprint density at radius 3 is 2.59 bits per heavy atom. The molecule has 1 saturated heterocycles. The Labute approximate surface area is 199 Å². The molecular weight excluding hydrogens is 438 g/mol. The molecule has 3 aromatic rings. The predicted octanol–water partition coefficient (Wildman–Crippen LogP) is 5.77. The SMILES string of the molecule is C[C@@H](Cc1ccsc1)NC1CCN(c2ccc(NC(=O)Cc3cccc(Cl)c3)cc2)CC1. The van der Waals surface area contributed by atoms with Gasteiger partial charge in [-0.2, -0.15) is 11.3 Å². The van der Waals surface area contributed by atoms with Crippen LogP contribution in [0.25, 0.3) is 0 Å². The maximum absolute atomic E-state index is 12.3. The summed E-state index contributed by atoms with van der Waals surface area (Å²) in [7, 11) is 0. The fourth-order valence-corrected chi connectivity index (χ4v) is 5.22. The number of thiophene rings is 1. The van der Waals surface area contributed by atoms with Crippen LogP contribution in [0, 0.1) is 0 Å². The normalized spacial score (nSPS) is 15.5. The van der Waals surface area contributed by atoms with Crippen LogP contribution in [0.15, 0.2) is 65.4 Å². The zero-order valence-corrected chi connectivity index (χ0v) is 20.0. The first kappa shape index (κ1) is 22.8. The number of anilines is 2. The summed E-state index contributed by atoms with van der Waals surface area (Å²) in [4.78, 5) is 14.8. The standard InChI is InChI=1S/C26H30ClN3OS/c1-19(15-21-11-14-32-18-21)28-24-9-12-30(13-10-24)25-7-5-23(6-8-25)29-26(31)17-20-3-2-4-22(27)16-20/h2-8,11,14,16,18-19,24,28H,9-10,12-13,15,17H2,1H3,(H,29,31)/t19-/m0/s1. The van der Waals surface area contributed by atoms with E-state index in [1.165, 1.54) is 11.3 Å². The second kappa shape index (κ2) is 11.0. The maximum atomic E-state index is 12.3. The van der Waals surface area contributed by atoms with Gasteiger partial charge in [-0.3, -0.25) is 4.79 Å². The third kappa shape index (κ3) is 6.58. The van der Waals surface area contributed by atoms with Gasteiger partial charge in [-0.15, -0.1) is 0 Å². The topological polar surface area (TPSA) is 44.4 Å². The van der Waals surface area contributed by atoms with Gasteiger partial charge in [-0.1, -0.05) is 23.7 Å². The monoisotopic (exact) mass is 467 g/mol. The maximum Gasteiger partial charge on any atom is 0.228 e. The number of piperidine rings is 1. The minimum absolute atomic E-state index is 0.0384. The average Bonchev–Trinajstić information content (AvgIpc) is 3.28. The molecule has 0 bridgehead atoms. The molecule has 1 fully saturated rings. The molecule has 1 aliphatic heterocycles. The summed E-state index contributed by atoms with van der Waals surface area (Å²) < 4.78 is 0. The molecule has 4 rings (SSSR count). The van der Waals surface area contributed by atoms with E-state index in [0.717, 1.165) is 43.6 Å². The zero-order valence-electron chi connectivity index (χ0n) is 18.4. The van der Waals surface area contributed by atoms with Crippen LogP contribution in [-0.4, -0.2) is 31.1 Å². The van der Waals surface area contributed by atoms with Crippen LogP contribution in [0.1, 0.15) is 30.9 Å². The van der Waals surface area contributed by atoms with E-state index in [4.69, 9.17) is 11.6 Å². The Morgan fingerprint density at radius 2 is 1.91 bits per heavy atom. The number of carbonyl (C=O) groups excluding carboxylic acids is 1. The Hall–Kier alpha value is -2.34. The summed E-state index contributed by atoms with van der Waals surface area (Å²) in [5.41, 5.74) is 4.36. The number of rotatable bonds is 8. The highest BCUT2D eigenvalue weighted by molar-refractivity contribution is 7.07. The molecule has 2 N–H and O–H groups in total. The van der Waals surface area contributed by atoms with Crippen molar-refractivity contribution in [2.45, 2.75) is 44.7 Å². The highest BCUT2D eigenvalue weighted by Crippen LogP contribution is 2.23. The van der Waals surface area contributed by atoms with Crippen molar-refractivity contribution >= 4 is 40.2 Å². The molecule has 0 saturated carbocycles. The summed E-state index contributed by atoms with van der Waals surface area (Å²) in [6.07, 6.45) is 3.69. The van der Waals surface area contributed by atoms with Gasteiger partial charge in [0.1, 0.15) is 0 Å². The quantitative estimate of drug-likeness (QED) is 0.441. The van der Waals surface area contributed by atoms with E-state index < -0.39 is 0 Å². The first-order chi connectivity index (χ1) is 15.5. The minimum Gasteiger partial charge on any atom is -0.371 e. The second-order valence-electron chi connectivity index (χ2n) is 8.57. The van der Waals surface area contributed by atoms with Gasteiger partial charge in [-0.25, -0.2) is 0 Å². The fraction of sp³-hybridized carbons (Fsp3) is 0.346. The molecule has 4 nitrogen and oxygen atoms in total. The fourth-order valence-electron chi connectivity index (χ4n) is 4.32. The van der Waals surface area contributed by atoms with Crippen molar-refractivity contribution in [3.8, 4) is 0 Å². The highest BCUT2D eigenvalue weighted by Gasteiger charge is 2.21. The number of nitrogens with zero attached hydrogens (tertiary/aromatic N) is 1. The number of hydrogen-bond donors (Lipinski definition) is 2. The van der Waals surface area contributed by atoms with Gasteiger partial charge < -0.3 is 15.5 Å². The Kier molecular flexibility index (Phi) is 7.85. The van der Waals surface area contributed by atoms with E-state index in [9.17, 15) is 4.79 Å². The number of amides is 1. The number of benzene rings is 2. The molecule has 2 aromatic carbocycles. The lowest BCUT2D eigenvalue weighted by Crippen LogP contribution is -2.46. The molecule has 6 heteroatoms. The van der Waals surface area contributed by atoms with Crippen LogP contribution in [0.5, 0.6) is 0 Å². The van der Waals surface area contributed by atoms with E-state index in [1.807, 2.05) is 36.4 Å². The summed E-state index contributed by atoms with van der Waals surface area (Å²) in [5, 5.41) is 11.8. The first-order valence-electron chi connectivity index (χ1n) is 11.2. The molecule has 0 aliphatic carbocycles. The molecule has 168 valence electrons. The molecule has 0 unspecified atom stereocenters. The summed E-state index contributed by atoms with van der Waals surface area (Å²) in [6, 6.07) is 18.9. The number of nitrogens with one attached hydrogen (secondary N) is 2. The molecule has 0 radical (unpaired) electrons. The summed E-state index contributed by atoms with van der Waals surface area (Å²) in [5.74, 6) is -0.0384. The van der Waals surface area contributed by atoms with E-state index in [1.54, 1.807) is 11.3 Å². The molecule has 32 heavy (non-hydrogen) atoms. The van der Waals surface area contributed by atoms with Gasteiger partial charge in [0.25, 0.3) is 0 Å². The van der Waals surface area contributed by atoms with Gasteiger partial charge in [-0.05, 0) is 90.5 Å². The zero-order chi connectivity index (χ0) is 22.3. The number of hydrogen-bond acceptors (Lipinski definition) is 4. The van der Waals surface area contributed by atoms with Crippen molar-refractivity contribution in [2.75, 3.05) is 23.3 Å². The Balaban J connectivity index is 1.22. The van der Waals surface area contributed by atoms with Crippen molar-refractivity contribution in [1.82, 2.24) is 5.32 Å². The summed E-state index contributed by atoms with van der Waals surface area (Å²) >= 11 is 7.77. The number of carbonyl (C=O) groups is 1. The van der Waals surface area contributed by atoms with Crippen molar-refractivity contribution in [2.24, 2.45) is 0 Å². The summed E-state index contributed by atoms with van der Waals surface area (Å²) in [6.45, 7) is 4.37. The van der Waals surface area contributed by atoms with E-state index >= 15 is 0 Å².